The fourth-order valence-electron chi connectivity index (χ4n) is 8.24. The molecule has 6 atom stereocenters. The van der Waals surface area contributed by atoms with E-state index in [-0.39, 0.29) is 32.0 Å². The standard InChI is InChI=1S/C56H100O10/c1-3-5-7-9-11-13-15-17-19-21-22-23-24-25-26-27-29-30-32-34-36-38-40-42-44-51(58)63-47-49(48-64-56-55(62)54(61)53(60)50(46-57)66-56)65-52(59)45-43-41-39-37-35-33-31-28-20-18-16-14-12-10-8-6-4-2/h6,8,12,14,18,20,31,33,49-50,53-57,60-62H,3-5,7,9-11,13,15-17,19,21-30,32,34-48H2,1-2H3/b8-6-,14-12-,20-18-,33-31-. The number of aliphatic hydroxyl groups excluding tert-OH is 4. The molecule has 0 aromatic rings. The predicted octanol–water partition coefficient (Wildman–Crippen LogP) is 13.2. The number of esters is 2. The number of carbonyl (C=O) groups excluding carboxylic acids is 2. The maximum absolute atomic E-state index is 12.8. The van der Waals surface area contributed by atoms with Gasteiger partial charge in [0.25, 0.3) is 0 Å². The first-order valence-electron chi connectivity index (χ1n) is 27.2. The van der Waals surface area contributed by atoms with Crippen LogP contribution in [0.5, 0.6) is 0 Å². The number of hydrogen-bond acceptors (Lipinski definition) is 10. The molecular weight excluding hydrogens is 833 g/mol. The first kappa shape index (κ1) is 61.7. The van der Waals surface area contributed by atoms with Crippen LogP contribution in [0.2, 0.25) is 0 Å². The quantitative estimate of drug-likeness (QED) is 0.0264. The third-order valence-corrected chi connectivity index (χ3v) is 12.5. The minimum atomic E-state index is -1.60. The second kappa shape index (κ2) is 46.4. The fraction of sp³-hybridized carbons (Fsp3) is 0.821. The second-order valence-corrected chi connectivity index (χ2v) is 18.7. The van der Waals surface area contributed by atoms with Crippen LogP contribution in [0.4, 0.5) is 0 Å². The normalized spacial score (nSPS) is 19.5. The zero-order chi connectivity index (χ0) is 48.0. The Bertz CT molecular complexity index is 1210. The van der Waals surface area contributed by atoms with Crippen molar-refractivity contribution in [3.05, 3.63) is 48.6 Å². The number of carbonyl (C=O) groups is 2. The summed E-state index contributed by atoms with van der Waals surface area (Å²) in [7, 11) is 0. The van der Waals surface area contributed by atoms with Gasteiger partial charge in [-0.25, -0.2) is 0 Å². The van der Waals surface area contributed by atoms with Gasteiger partial charge in [0.1, 0.15) is 31.0 Å². The topological polar surface area (TPSA) is 152 Å². The summed E-state index contributed by atoms with van der Waals surface area (Å²) in [6.07, 6.45) is 49.9. The average Bonchev–Trinajstić information content (AvgIpc) is 3.32. The summed E-state index contributed by atoms with van der Waals surface area (Å²) in [5.74, 6) is -0.826. The van der Waals surface area contributed by atoms with E-state index in [1.165, 1.54) is 135 Å². The van der Waals surface area contributed by atoms with Gasteiger partial charge in [-0.1, -0.05) is 223 Å². The summed E-state index contributed by atoms with van der Waals surface area (Å²) < 4.78 is 22.2. The van der Waals surface area contributed by atoms with Crippen molar-refractivity contribution in [1.82, 2.24) is 0 Å². The van der Waals surface area contributed by atoms with Crippen LogP contribution in [-0.2, 0) is 28.5 Å². The smallest absolute Gasteiger partial charge is 0.306 e. The molecule has 0 aliphatic carbocycles. The SMILES string of the molecule is CC/C=C\C/C=C\C/C=C\C/C=C\CCCCCCC(=O)OC(COC(=O)CCCCCCCCCCCCCCCCCCCCCCCCCC)COC1OC(CO)C(O)C(O)C1O. The molecule has 0 spiro atoms. The summed E-state index contributed by atoms with van der Waals surface area (Å²) in [5, 5.41) is 40.2. The van der Waals surface area contributed by atoms with Gasteiger partial charge in [-0.05, 0) is 51.4 Å². The molecule has 0 saturated carbocycles. The molecule has 384 valence electrons. The van der Waals surface area contributed by atoms with E-state index in [0.717, 1.165) is 70.6 Å². The lowest BCUT2D eigenvalue weighted by Gasteiger charge is -2.39. The van der Waals surface area contributed by atoms with Gasteiger partial charge < -0.3 is 39.4 Å². The molecule has 1 rings (SSSR count). The largest absolute Gasteiger partial charge is 0.462 e. The predicted molar refractivity (Wildman–Crippen MR) is 270 cm³/mol. The van der Waals surface area contributed by atoms with Crippen molar-refractivity contribution >= 4 is 11.9 Å². The van der Waals surface area contributed by atoms with E-state index in [4.69, 9.17) is 18.9 Å². The minimum Gasteiger partial charge on any atom is -0.462 e. The number of allylic oxidation sites excluding steroid dienone is 8. The summed E-state index contributed by atoms with van der Waals surface area (Å²) in [6.45, 7) is 3.32. The first-order valence-corrected chi connectivity index (χ1v) is 27.2. The Balaban J connectivity index is 2.22. The highest BCUT2D eigenvalue weighted by Crippen LogP contribution is 2.23. The maximum atomic E-state index is 12.8. The number of rotatable bonds is 46. The van der Waals surface area contributed by atoms with Crippen LogP contribution in [0.25, 0.3) is 0 Å². The van der Waals surface area contributed by atoms with Gasteiger partial charge in [0.05, 0.1) is 13.2 Å². The van der Waals surface area contributed by atoms with E-state index in [1.54, 1.807) is 0 Å². The highest BCUT2D eigenvalue weighted by Gasteiger charge is 2.44. The third kappa shape index (κ3) is 36.7. The lowest BCUT2D eigenvalue weighted by molar-refractivity contribution is -0.305. The summed E-state index contributed by atoms with van der Waals surface area (Å²) in [5.41, 5.74) is 0. The third-order valence-electron chi connectivity index (χ3n) is 12.5. The summed E-state index contributed by atoms with van der Waals surface area (Å²) in [6, 6.07) is 0. The van der Waals surface area contributed by atoms with Crippen LogP contribution in [-0.4, -0.2) is 89.0 Å². The van der Waals surface area contributed by atoms with Crippen molar-refractivity contribution in [2.75, 3.05) is 19.8 Å². The molecule has 0 bridgehead atoms. The molecule has 1 saturated heterocycles. The molecule has 10 nitrogen and oxygen atoms in total. The molecule has 1 heterocycles. The van der Waals surface area contributed by atoms with Crippen molar-refractivity contribution in [2.24, 2.45) is 0 Å². The van der Waals surface area contributed by atoms with E-state index in [0.29, 0.717) is 6.42 Å². The van der Waals surface area contributed by atoms with Crippen LogP contribution in [0.15, 0.2) is 48.6 Å². The van der Waals surface area contributed by atoms with Crippen LogP contribution in [0.1, 0.15) is 239 Å². The Hall–Kier alpha value is -2.34. The van der Waals surface area contributed by atoms with Crippen molar-refractivity contribution in [2.45, 2.75) is 275 Å². The van der Waals surface area contributed by atoms with Gasteiger partial charge in [0.15, 0.2) is 12.4 Å². The summed E-state index contributed by atoms with van der Waals surface area (Å²) >= 11 is 0. The molecule has 0 radical (unpaired) electrons. The molecule has 1 aliphatic rings. The summed E-state index contributed by atoms with van der Waals surface area (Å²) in [4.78, 5) is 25.5. The van der Waals surface area contributed by atoms with E-state index in [9.17, 15) is 30.0 Å². The van der Waals surface area contributed by atoms with Gasteiger partial charge in [-0.3, -0.25) is 9.59 Å². The lowest BCUT2D eigenvalue weighted by Crippen LogP contribution is -2.59. The van der Waals surface area contributed by atoms with E-state index < -0.39 is 49.4 Å². The Morgan fingerprint density at radius 1 is 0.485 bits per heavy atom. The van der Waals surface area contributed by atoms with Gasteiger partial charge in [-0.2, -0.15) is 0 Å². The van der Waals surface area contributed by atoms with Crippen molar-refractivity contribution < 1.29 is 49.0 Å². The van der Waals surface area contributed by atoms with Gasteiger partial charge in [0.2, 0.25) is 0 Å². The zero-order valence-corrected chi connectivity index (χ0v) is 42.2. The monoisotopic (exact) mass is 933 g/mol. The number of ether oxygens (including phenoxy) is 4. The molecule has 6 unspecified atom stereocenters. The molecule has 1 fully saturated rings. The second-order valence-electron chi connectivity index (χ2n) is 18.7. The van der Waals surface area contributed by atoms with Gasteiger partial charge in [-0.15, -0.1) is 0 Å². The highest BCUT2D eigenvalue weighted by molar-refractivity contribution is 5.70. The van der Waals surface area contributed by atoms with Crippen molar-refractivity contribution in [1.29, 1.82) is 0 Å². The highest BCUT2D eigenvalue weighted by atomic mass is 16.7. The number of hydrogen-bond donors (Lipinski definition) is 4. The number of aliphatic hydroxyl groups is 4. The van der Waals surface area contributed by atoms with Crippen LogP contribution < -0.4 is 0 Å². The van der Waals surface area contributed by atoms with Crippen LogP contribution in [0, 0.1) is 0 Å². The Labute approximate surface area is 403 Å². The zero-order valence-electron chi connectivity index (χ0n) is 42.2. The Kier molecular flexibility index (Phi) is 43.4. The molecule has 4 N–H and O–H groups in total. The van der Waals surface area contributed by atoms with Gasteiger partial charge >= 0.3 is 11.9 Å². The van der Waals surface area contributed by atoms with E-state index in [2.05, 4.69) is 62.5 Å². The van der Waals surface area contributed by atoms with Crippen LogP contribution >= 0.6 is 0 Å². The number of unbranched alkanes of at least 4 members (excludes halogenated alkanes) is 27. The lowest BCUT2D eigenvalue weighted by atomic mass is 9.99. The maximum Gasteiger partial charge on any atom is 0.306 e. The van der Waals surface area contributed by atoms with E-state index >= 15 is 0 Å². The molecule has 0 aromatic carbocycles. The molecule has 66 heavy (non-hydrogen) atoms. The Morgan fingerprint density at radius 2 is 0.894 bits per heavy atom. The van der Waals surface area contributed by atoms with Crippen molar-refractivity contribution in [3.63, 3.8) is 0 Å². The average molecular weight is 933 g/mol. The molecule has 0 amide bonds. The fourth-order valence-corrected chi connectivity index (χ4v) is 8.24. The van der Waals surface area contributed by atoms with Gasteiger partial charge in [0, 0.05) is 12.8 Å². The minimum absolute atomic E-state index is 0.202. The van der Waals surface area contributed by atoms with Crippen molar-refractivity contribution in [3.8, 4) is 0 Å². The first-order chi connectivity index (χ1) is 32.3. The van der Waals surface area contributed by atoms with Crippen LogP contribution in [0.3, 0.4) is 0 Å². The molecule has 10 heteroatoms. The molecule has 0 aromatic heterocycles. The molecule has 1 aliphatic heterocycles. The Morgan fingerprint density at radius 3 is 1.35 bits per heavy atom. The van der Waals surface area contributed by atoms with E-state index in [1.807, 2.05) is 0 Å². The molecular formula is C56H100O10.